The zero-order chi connectivity index (χ0) is 28.4. The molecule has 0 saturated carbocycles. The zero-order valence-corrected chi connectivity index (χ0v) is 20.2. The van der Waals surface area contributed by atoms with Crippen molar-refractivity contribution in [1.29, 1.82) is 0 Å². The Labute approximate surface area is 222 Å². The maximum atomic E-state index is 12.1. The lowest BCUT2D eigenvalue weighted by Crippen LogP contribution is -2.12. The number of carbonyl (C=O) groups is 1. The molecule has 2 rings (SSSR count). The van der Waals surface area contributed by atoms with E-state index in [4.69, 9.17) is 14.3 Å². The minimum absolute atomic E-state index is 0.0900. The van der Waals surface area contributed by atoms with E-state index in [-0.39, 0.29) is 19.0 Å². The lowest BCUT2D eigenvalue weighted by atomic mass is 10.2. The molecule has 24 nitrogen and oxygen atoms in total. The number of rotatable bonds is 16. The van der Waals surface area contributed by atoms with Gasteiger partial charge in [-0.3, -0.25) is 0 Å². The molecule has 0 atom stereocenters. The summed E-state index contributed by atoms with van der Waals surface area (Å²) in [7, 11) is 1.39. The molecule has 0 amide bonds. The number of esters is 1. The minimum Gasteiger partial charge on any atom is -0.490 e. The molecule has 0 aliphatic carbocycles. The summed E-state index contributed by atoms with van der Waals surface area (Å²) in [4.78, 5) is 17.0. The van der Waals surface area contributed by atoms with E-state index in [0.717, 1.165) is 0 Å². The van der Waals surface area contributed by atoms with Gasteiger partial charge < -0.3 is 14.3 Å². The molecule has 0 heterocycles. The second kappa shape index (κ2) is 20.7. The van der Waals surface area contributed by atoms with E-state index in [9.17, 15) is 4.79 Å². The average Bonchev–Trinajstić information content (AvgIpc) is 2.99. The summed E-state index contributed by atoms with van der Waals surface area (Å²) in [5.41, 5.74) is 0.310. The van der Waals surface area contributed by atoms with Gasteiger partial charge in [0.15, 0.2) is 5.75 Å². The van der Waals surface area contributed by atoms with Gasteiger partial charge in [-0.15, -0.1) is 0 Å². The molecule has 0 saturated heterocycles. The Bertz CT molecular complexity index is 1300. The van der Waals surface area contributed by atoms with Crippen molar-refractivity contribution < 1.29 is 19.1 Å². The summed E-state index contributed by atoms with van der Waals surface area (Å²) < 4.78 is 10.6. The molecule has 2 aromatic rings. The lowest BCUT2D eigenvalue weighted by molar-refractivity contribution is 0.0450. The third-order valence-electron chi connectivity index (χ3n) is 3.37. The first-order valence-electron chi connectivity index (χ1n) is 10.3. The molecule has 0 bridgehead atoms. The van der Waals surface area contributed by atoms with Crippen LogP contribution in [0.3, 0.4) is 0 Å². The van der Waals surface area contributed by atoms with Crippen molar-refractivity contribution in [2.24, 2.45) is 104 Å². The number of hydrogen-bond acceptors (Lipinski definition) is 6. The van der Waals surface area contributed by atoms with E-state index in [0.29, 0.717) is 11.3 Å². The number of nitrogens with zero attached hydrogens (tertiary/aromatic N) is 20. The third kappa shape index (κ3) is 14.8. The third-order valence-corrected chi connectivity index (χ3v) is 3.37. The van der Waals surface area contributed by atoms with Gasteiger partial charge in [-0.2, -0.15) is 5.11 Å². The van der Waals surface area contributed by atoms with Crippen molar-refractivity contribution in [2.45, 2.75) is 0 Å². The molecule has 204 valence electrons. The molecule has 24 heteroatoms. The Hall–Kier alpha value is -6.49. The molecule has 0 unspecified atom stereocenters. The summed E-state index contributed by atoms with van der Waals surface area (Å²) in [6, 6.07) is 15.1. The van der Waals surface area contributed by atoms with Crippen LogP contribution in [0.4, 0.5) is 0 Å². The van der Waals surface area contributed by atoms with Crippen molar-refractivity contribution in [3.63, 3.8) is 0 Å². The lowest BCUT2D eigenvalue weighted by Gasteiger charge is -2.07. The Morgan fingerprint density at radius 3 is 1.52 bits per heavy atom. The van der Waals surface area contributed by atoms with Crippen LogP contribution in [0.1, 0.15) is 10.4 Å². The summed E-state index contributed by atoms with van der Waals surface area (Å²) in [6.45, 7) is 0.313. The summed E-state index contributed by atoms with van der Waals surface area (Å²) in [5.74, 6) is 0.439. The van der Waals surface area contributed by atoms with Crippen LogP contribution in [0, 0.1) is 0 Å². The van der Waals surface area contributed by atoms with Gasteiger partial charge in [0.1, 0.15) is 19.0 Å². The van der Waals surface area contributed by atoms with Crippen LogP contribution in [0.25, 0.3) is 0 Å². The molecule has 0 N–H and O–H groups in total. The van der Waals surface area contributed by atoms with Crippen molar-refractivity contribution in [1.82, 2.24) is 0 Å². The fraction of sp³-hybridized carbons (Fsp3) is 0.188. The van der Waals surface area contributed by atoms with E-state index in [1.54, 1.807) is 12.1 Å². The molecule has 2 aromatic carbocycles. The standard InChI is InChI=1S/C16H16N20O4/c1-17-18-19-20-21-22-23-24-25-26-27-28-29-30-31-32-33-34-35-36-40-15-9-7-13(8-10-15)16(37)39-12-11-38-14-5-3-2-4-6-14/h2-10H,11-12H2,1H3. The molecule has 0 aliphatic heterocycles. The molecule has 0 radical (unpaired) electrons. The maximum Gasteiger partial charge on any atom is 0.338 e. The van der Waals surface area contributed by atoms with Crippen molar-refractivity contribution >= 4 is 5.97 Å². The Morgan fingerprint density at radius 2 is 1.02 bits per heavy atom. The first-order chi connectivity index (χ1) is 19.8. The smallest absolute Gasteiger partial charge is 0.338 e. The highest BCUT2D eigenvalue weighted by Gasteiger charge is 2.07. The largest absolute Gasteiger partial charge is 0.490 e. The number of para-hydroxylation sites is 1. The van der Waals surface area contributed by atoms with Crippen LogP contribution in [-0.4, -0.2) is 26.2 Å². The molecule has 0 spiro atoms. The second-order valence-corrected chi connectivity index (χ2v) is 5.80. The van der Waals surface area contributed by atoms with Crippen LogP contribution in [-0.2, 0) is 4.74 Å². The van der Waals surface area contributed by atoms with Crippen molar-refractivity contribution in [2.75, 3.05) is 20.3 Å². The molecule has 0 fully saturated rings. The molecular formula is C16H16N20O4. The first-order valence-corrected chi connectivity index (χ1v) is 10.3. The Balaban J connectivity index is 1.58. The summed E-state index contributed by atoms with van der Waals surface area (Å²) in [6.07, 6.45) is 0. The fourth-order valence-corrected chi connectivity index (χ4v) is 1.95. The van der Waals surface area contributed by atoms with Gasteiger partial charge in [0.25, 0.3) is 0 Å². The fourth-order valence-electron chi connectivity index (χ4n) is 1.95. The monoisotopic (exact) mass is 552 g/mol. The van der Waals surface area contributed by atoms with Crippen LogP contribution in [0.5, 0.6) is 11.5 Å². The maximum absolute atomic E-state index is 12.1. The minimum atomic E-state index is -0.519. The predicted octanol–water partition coefficient (Wildman–Crippen LogP) is 6.60. The van der Waals surface area contributed by atoms with Gasteiger partial charge in [0, 0.05) is 52.2 Å². The van der Waals surface area contributed by atoms with E-state index < -0.39 is 5.97 Å². The summed E-state index contributed by atoms with van der Waals surface area (Å²) >= 11 is 0. The van der Waals surface area contributed by atoms with Gasteiger partial charge in [0.05, 0.1) is 17.9 Å². The van der Waals surface area contributed by atoms with Gasteiger partial charge in [-0.25, -0.2) is 4.79 Å². The number of benzene rings is 2. The second-order valence-electron chi connectivity index (χ2n) is 5.80. The Kier molecular flexibility index (Phi) is 15.4. The number of ether oxygens (including phenoxy) is 2. The molecule has 0 aliphatic rings. The Morgan fingerprint density at radius 1 is 0.550 bits per heavy atom. The number of carbonyl (C=O) groups excluding carboxylic acids is 1. The highest BCUT2D eigenvalue weighted by Crippen LogP contribution is 2.14. The average molecular weight is 552 g/mol. The quantitative estimate of drug-likeness (QED) is 0.0960. The van der Waals surface area contributed by atoms with Crippen molar-refractivity contribution in [3.05, 3.63) is 60.2 Å². The molecular weight excluding hydrogens is 536 g/mol. The van der Waals surface area contributed by atoms with Crippen LogP contribution < -0.4 is 9.57 Å². The van der Waals surface area contributed by atoms with E-state index >= 15 is 0 Å². The van der Waals surface area contributed by atoms with Crippen LogP contribution in [0.2, 0.25) is 0 Å². The van der Waals surface area contributed by atoms with Gasteiger partial charge in [-0.05, 0) is 78.2 Å². The molecule has 40 heavy (non-hydrogen) atoms. The van der Waals surface area contributed by atoms with Crippen LogP contribution in [0.15, 0.2) is 159 Å². The summed E-state index contributed by atoms with van der Waals surface area (Å²) in [5, 5.41) is 62.0. The predicted molar refractivity (Wildman–Crippen MR) is 124 cm³/mol. The zero-order valence-electron chi connectivity index (χ0n) is 20.2. The van der Waals surface area contributed by atoms with Gasteiger partial charge in [-0.1, -0.05) is 18.2 Å². The van der Waals surface area contributed by atoms with Crippen molar-refractivity contribution in [3.8, 4) is 11.5 Å². The number of hydrogen-bond donors (Lipinski definition) is 0. The van der Waals surface area contributed by atoms with E-state index in [1.165, 1.54) is 31.3 Å². The molecule has 0 aromatic heterocycles. The van der Waals surface area contributed by atoms with Crippen LogP contribution >= 0.6 is 0 Å². The topological polar surface area (TPSA) is 292 Å². The van der Waals surface area contributed by atoms with E-state index in [1.807, 2.05) is 18.2 Å². The normalized spacial score (nSPS) is 12.9. The van der Waals surface area contributed by atoms with Gasteiger partial charge >= 0.3 is 5.97 Å². The van der Waals surface area contributed by atoms with E-state index in [2.05, 4.69) is 104 Å². The SMILES string of the molecule is CN=NN=NN=NN=NN=NN=NN=NN=NN=NN=NOc1ccc(C(=O)OCCOc2ccccc2)cc1. The highest BCUT2D eigenvalue weighted by atomic mass is 16.6. The van der Waals surface area contributed by atoms with Gasteiger partial charge in [0.2, 0.25) is 0 Å². The first kappa shape index (κ1) is 29.7. The highest BCUT2D eigenvalue weighted by molar-refractivity contribution is 5.89.